The SMILES string of the molecule is O=C(c1ccco1)c1nccs1. The van der Waals surface area contributed by atoms with E-state index in [1.165, 1.54) is 17.6 Å². The third kappa shape index (κ3) is 1.16. The molecule has 0 saturated carbocycles. The molecular formula is C8H5NO2S. The van der Waals surface area contributed by atoms with E-state index in [1.807, 2.05) is 0 Å². The molecule has 0 spiro atoms. The van der Waals surface area contributed by atoms with Gasteiger partial charge in [0.25, 0.3) is 5.78 Å². The fourth-order valence-electron chi connectivity index (χ4n) is 0.849. The molecule has 2 aromatic heterocycles. The minimum Gasteiger partial charge on any atom is -0.461 e. The highest BCUT2D eigenvalue weighted by Crippen LogP contribution is 2.11. The highest BCUT2D eigenvalue weighted by molar-refractivity contribution is 7.11. The molecule has 12 heavy (non-hydrogen) atoms. The Morgan fingerprint density at radius 2 is 2.50 bits per heavy atom. The molecule has 3 nitrogen and oxygen atoms in total. The molecule has 0 aliphatic rings. The Morgan fingerprint density at radius 1 is 1.58 bits per heavy atom. The van der Waals surface area contributed by atoms with Gasteiger partial charge >= 0.3 is 0 Å². The van der Waals surface area contributed by atoms with Gasteiger partial charge in [-0.05, 0) is 12.1 Å². The van der Waals surface area contributed by atoms with E-state index in [1.54, 1.807) is 23.7 Å². The first-order valence-corrected chi connectivity index (χ1v) is 4.23. The zero-order valence-electron chi connectivity index (χ0n) is 6.06. The molecule has 0 bridgehead atoms. The Hall–Kier alpha value is -1.42. The Bertz CT molecular complexity index is 327. The topological polar surface area (TPSA) is 43.1 Å². The Kier molecular flexibility index (Phi) is 1.75. The van der Waals surface area contributed by atoms with Gasteiger partial charge in [-0.2, -0.15) is 0 Å². The van der Waals surface area contributed by atoms with Crippen molar-refractivity contribution in [2.75, 3.05) is 0 Å². The van der Waals surface area contributed by atoms with Crippen LogP contribution in [0.25, 0.3) is 0 Å². The highest BCUT2D eigenvalue weighted by atomic mass is 32.1. The van der Waals surface area contributed by atoms with Gasteiger partial charge < -0.3 is 4.42 Å². The van der Waals surface area contributed by atoms with Crippen LogP contribution in [0.15, 0.2) is 34.4 Å². The van der Waals surface area contributed by atoms with Crippen molar-refractivity contribution >= 4 is 17.1 Å². The second kappa shape index (κ2) is 2.91. The first kappa shape index (κ1) is 7.24. The maximum atomic E-state index is 11.4. The highest BCUT2D eigenvalue weighted by Gasteiger charge is 2.13. The van der Waals surface area contributed by atoms with Crippen LogP contribution in [-0.2, 0) is 0 Å². The monoisotopic (exact) mass is 179 g/mol. The van der Waals surface area contributed by atoms with E-state index in [2.05, 4.69) is 4.98 Å². The first-order chi connectivity index (χ1) is 5.88. The van der Waals surface area contributed by atoms with E-state index in [-0.39, 0.29) is 5.78 Å². The van der Waals surface area contributed by atoms with Crippen LogP contribution >= 0.6 is 11.3 Å². The van der Waals surface area contributed by atoms with Gasteiger partial charge in [0.2, 0.25) is 0 Å². The molecule has 0 unspecified atom stereocenters. The van der Waals surface area contributed by atoms with Gasteiger partial charge in [-0.25, -0.2) is 4.98 Å². The van der Waals surface area contributed by atoms with Crippen LogP contribution < -0.4 is 0 Å². The van der Waals surface area contributed by atoms with Crippen molar-refractivity contribution in [1.82, 2.24) is 4.98 Å². The van der Waals surface area contributed by atoms with E-state index in [0.717, 1.165) is 0 Å². The maximum Gasteiger partial charge on any atom is 0.256 e. The van der Waals surface area contributed by atoms with E-state index in [4.69, 9.17) is 4.42 Å². The van der Waals surface area contributed by atoms with E-state index < -0.39 is 0 Å². The number of furan rings is 1. The minimum absolute atomic E-state index is 0.157. The first-order valence-electron chi connectivity index (χ1n) is 3.35. The number of ketones is 1. The predicted molar refractivity (Wildman–Crippen MR) is 44.3 cm³/mol. The number of carbonyl (C=O) groups excluding carboxylic acids is 1. The van der Waals surface area contributed by atoms with Gasteiger partial charge in [0, 0.05) is 11.6 Å². The van der Waals surface area contributed by atoms with Crippen molar-refractivity contribution in [3.8, 4) is 0 Å². The summed E-state index contributed by atoms with van der Waals surface area (Å²) < 4.78 is 4.94. The molecule has 0 radical (unpaired) electrons. The van der Waals surface area contributed by atoms with Crippen molar-refractivity contribution in [2.45, 2.75) is 0 Å². The lowest BCUT2D eigenvalue weighted by molar-refractivity contribution is 0.101. The Morgan fingerprint density at radius 3 is 3.08 bits per heavy atom. The second-order valence-electron chi connectivity index (χ2n) is 2.14. The van der Waals surface area contributed by atoms with Gasteiger partial charge in [0.05, 0.1) is 6.26 Å². The van der Waals surface area contributed by atoms with Crippen LogP contribution in [0, 0.1) is 0 Å². The third-order valence-corrected chi connectivity index (χ3v) is 2.14. The molecule has 0 fully saturated rings. The molecule has 4 heteroatoms. The van der Waals surface area contributed by atoms with E-state index in [9.17, 15) is 4.79 Å². The normalized spacial score (nSPS) is 10.0. The summed E-state index contributed by atoms with van der Waals surface area (Å²) >= 11 is 1.31. The van der Waals surface area contributed by atoms with Gasteiger partial charge in [0.15, 0.2) is 10.8 Å². The van der Waals surface area contributed by atoms with Gasteiger partial charge in [-0.15, -0.1) is 11.3 Å². The number of thiazole rings is 1. The molecule has 2 rings (SSSR count). The molecule has 0 amide bonds. The Balaban J connectivity index is 2.34. The summed E-state index contributed by atoms with van der Waals surface area (Å²) in [5.41, 5.74) is 0. The summed E-state index contributed by atoms with van der Waals surface area (Å²) in [7, 11) is 0. The molecule has 0 saturated heterocycles. The van der Waals surface area contributed by atoms with Crippen molar-refractivity contribution in [3.63, 3.8) is 0 Å². The van der Waals surface area contributed by atoms with Crippen molar-refractivity contribution in [1.29, 1.82) is 0 Å². The molecule has 0 atom stereocenters. The van der Waals surface area contributed by atoms with Crippen molar-refractivity contribution < 1.29 is 9.21 Å². The smallest absolute Gasteiger partial charge is 0.256 e. The fourth-order valence-corrected chi connectivity index (χ4v) is 1.43. The zero-order valence-corrected chi connectivity index (χ0v) is 6.88. The Labute approximate surface area is 72.7 Å². The summed E-state index contributed by atoms with van der Waals surface area (Å²) in [6.07, 6.45) is 3.07. The average Bonchev–Trinajstić information content (AvgIpc) is 2.77. The van der Waals surface area contributed by atoms with E-state index in [0.29, 0.717) is 10.8 Å². The lowest BCUT2D eigenvalue weighted by Gasteiger charge is -1.88. The van der Waals surface area contributed by atoms with Crippen LogP contribution in [0.4, 0.5) is 0 Å². The molecule has 0 aliphatic carbocycles. The summed E-state index contributed by atoms with van der Waals surface area (Å²) in [5, 5.41) is 2.22. The summed E-state index contributed by atoms with van der Waals surface area (Å²) in [6, 6.07) is 3.31. The van der Waals surface area contributed by atoms with Crippen LogP contribution in [0.2, 0.25) is 0 Å². The molecule has 2 heterocycles. The van der Waals surface area contributed by atoms with Crippen LogP contribution in [0.5, 0.6) is 0 Å². The lowest BCUT2D eigenvalue weighted by Crippen LogP contribution is -1.97. The fraction of sp³-hybridized carbons (Fsp3) is 0. The number of hydrogen-bond acceptors (Lipinski definition) is 4. The predicted octanol–water partition coefficient (Wildman–Crippen LogP) is 1.97. The summed E-state index contributed by atoms with van der Waals surface area (Å²) in [5.74, 6) is 0.181. The molecule has 2 aromatic rings. The molecule has 60 valence electrons. The minimum atomic E-state index is -0.157. The van der Waals surface area contributed by atoms with Crippen molar-refractivity contribution in [3.05, 3.63) is 40.7 Å². The van der Waals surface area contributed by atoms with Gasteiger partial charge in [0.1, 0.15) is 0 Å². The quantitative estimate of drug-likeness (QED) is 0.662. The number of nitrogens with zero attached hydrogens (tertiary/aromatic N) is 1. The average molecular weight is 179 g/mol. The number of carbonyl (C=O) groups is 1. The number of aromatic nitrogens is 1. The van der Waals surface area contributed by atoms with Crippen LogP contribution in [-0.4, -0.2) is 10.8 Å². The molecule has 0 N–H and O–H groups in total. The maximum absolute atomic E-state index is 11.4. The lowest BCUT2D eigenvalue weighted by atomic mass is 10.3. The third-order valence-electron chi connectivity index (χ3n) is 1.37. The van der Waals surface area contributed by atoms with E-state index >= 15 is 0 Å². The number of rotatable bonds is 2. The molecule has 0 aliphatic heterocycles. The molecular weight excluding hydrogens is 174 g/mol. The largest absolute Gasteiger partial charge is 0.461 e. The summed E-state index contributed by atoms with van der Waals surface area (Å²) in [6.45, 7) is 0. The number of hydrogen-bond donors (Lipinski definition) is 0. The van der Waals surface area contributed by atoms with Gasteiger partial charge in [-0.3, -0.25) is 4.79 Å². The summed E-state index contributed by atoms with van der Waals surface area (Å²) in [4.78, 5) is 15.3. The second-order valence-corrected chi connectivity index (χ2v) is 3.04. The van der Waals surface area contributed by atoms with Crippen molar-refractivity contribution in [2.24, 2.45) is 0 Å². The zero-order chi connectivity index (χ0) is 8.39. The standard InChI is InChI=1S/C8H5NO2S/c10-7(6-2-1-4-11-6)8-9-3-5-12-8/h1-5H. The van der Waals surface area contributed by atoms with Gasteiger partial charge in [-0.1, -0.05) is 0 Å². The van der Waals surface area contributed by atoms with Crippen LogP contribution in [0.3, 0.4) is 0 Å². The van der Waals surface area contributed by atoms with Crippen LogP contribution in [0.1, 0.15) is 15.6 Å². The molecule has 0 aromatic carbocycles.